The normalized spacial score (nSPS) is 12.9. The lowest BCUT2D eigenvalue weighted by Gasteiger charge is -2.22. The van der Waals surface area contributed by atoms with E-state index < -0.39 is 12.1 Å². The molecule has 0 bridgehead atoms. The fraction of sp³-hybridized carbons (Fsp3) is 0.846. The van der Waals surface area contributed by atoms with Gasteiger partial charge in [0, 0.05) is 12.8 Å². The van der Waals surface area contributed by atoms with Crippen molar-refractivity contribution in [1.29, 1.82) is 0 Å². The van der Waals surface area contributed by atoms with Gasteiger partial charge in [0.2, 0.25) is 5.91 Å². The number of aliphatic hydroxyl groups is 2. The first kappa shape index (κ1) is 68.8. The molecule has 0 spiro atoms. The van der Waals surface area contributed by atoms with E-state index in [0.29, 0.717) is 25.9 Å². The molecule has 0 saturated heterocycles. The molecule has 0 fully saturated rings. The van der Waals surface area contributed by atoms with Gasteiger partial charge in [-0.15, -0.1) is 0 Å². The van der Waals surface area contributed by atoms with Crippen molar-refractivity contribution in [3.63, 3.8) is 0 Å². The van der Waals surface area contributed by atoms with Crippen LogP contribution in [0.25, 0.3) is 0 Å². The number of amides is 1. The average Bonchev–Trinajstić information content (AvgIpc) is 3.37. The van der Waals surface area contributed by atoms with Crippen molar-refractivity contribution >= 4 is 11.9 Å². The first-order chi connectivity index (χ1) is 35.0. The van der Waals surface area contributed by atoms with Crippen LogP contribution >= 0.6 is 0 Å². The van der Waals surface area contributed by atoms with Crippen molar-refractivity contribution in [3.05, 3.63) is 48.6 Å². The molecular formula is C65H121NO5. The number of rotatable bonds is 58. The molecule has 6 nitrogen and oxygen atoms in total. The molecule has 2 atom stereocenters. The lowest BCUT2D eigenvalue weighted by atomic mass is 10.0. The van der Waals surface area contributed by atoms with Crippen molar-refractivity contribution in [3.8, 4) is 0 Å². The molecule has 2 unspecified atom stereocenters. The third-order valence-electron chi connectivity index (χ3n) is 14.4. The van der Waals surface area contributed by atoms with Crippen molar-refractivity contribution in [2.75, 3.05) is 13.2 Å². The van der Waals surface area contributed by atoms with Crippen molar-refractivity contribution < 1.29 is 24.5 Å². The van der Waals surface area contributed by atoms with Crippen LogP contribution in [0, 0.1) is 0 Å². The van der Waals surface area contributed by atoms with E-state index in [1.165, 1.54) is 205 Å². The Morgan fingerprint density at radius 2 is 0.746 bits per heavy atom. The largest absolute Gasteiger partial charge is 0.466 e. The smallest absolute Gasteiger partial charge is 0.305 e. The van der Waals surface area contributed by atoms with Gasteiger partial charge >= 0.3 is 5.97 Å². The van der Waals surface area contributed by atoms with Gasteiger partial charge in [0.15, 0.2) is 0 Å². The van der Waals surface area contributed by atoms with Crippen LogP contribution in [-0.4, -0.2) is 47.4 Å². The number of carbonyl (C=O) groups is 2. The van der Waals surface area contributed by atoms with Gasteiger partial charge in [-0.25, -0.2) is 0 Å². The molecule has 0 heterocycles. The molecule has 6 heteroatoms. The predicted octanol–water partition coefficient (Wildman–Crippen LogP) is 19.7. The summed E-state index contributed by atoms with van der Waals surface area (Å²) in [6.45, 7) is 4.89. The number of hydrogen-bond acceptors (Lipinski definition) is 5. The second-order valence-corrected chi connectivity index (χ2v) is 21.4. The number of carbonyl (C=O) groups excluding carboxylic acids is 2. The summed E-state index contributed by atoms with van der Waals surface area (Å²) in [4.78, 5) is 24.6. The zero-order valence-electron chi connectivity index (χ0n) is 47.5. The van der Waals surface area contributed by atoms with Crippen molar-refractivity contribution in [2.45, 2.75) is 341 Å². The predicted molar refractivity (Wildman–Crippen MR) is 310 cm³/mol. The first-order valence-electron chi connectivity index (χ1n) is 31.4. The van der Waals surface area contributed by atoms with E-state index in [9.17, 15) is 19.8 Å². The number of allylic oxidation sites excluding steroid dienone is 8. The Hall–Kier alpha value is -2.18. The highest BCUT2D eigenvalue weighted by Crippen LogP contribution is 2.17. The molecule has 1 amide bonds. The summed E-state index contributed by atoms with van der Waals surface area (Å²) in [7, 11) is 0. The number of ether oxygens (including phenoxy) is 1. The van der Waals surface area contributed by atoms with Crippen molar-refractivity contribution in [1.82, 2.24) is 5.32 Å². The lowest BCUT2D eigenvalue weighted by Crippen LogP contribution is -2.45. The third-order valence-corrected chi connectivity index (χ3v) is 14.4. The van der Waals surface area contributed by atoms with E-state index >= 15 is 0 Å². The highest BCUT2D eigenvalue weighted by Gasteiger charge is 2.20. The maximum Gasteiger partial charge on any atom is 0.305 e. The van der Waals surface area contributed by atoms with Crippen LogP contribution in [0.2, 0.25) is 0 Å². The molecule has 0 aliphatic heterocycles. The molecule has 0 aromatic heterocycles. The molecule has 416 valence electrons. The third kappa shape index (κ3) is 57.0. The highest BCUT2D eigenvalue weighted by atomic mass is 16.5. The van der Waals surface area contributed by atoms with Gasteiger partial charge in [-0.05, 0) is 89.9 Å². The van der Waals surface area contributed by atoms with Crippen LogP contribution in [0.5, 0.6) is 0 Å². The zero-order valence-corrected chi connectivity index (χ0v) is 47.5. The number of unbranched alkanes of at least 4 members (excludes halogenated alkanes) is 40. The van der Waals surface area contributed by atoms with Gasteiger partial charge in [0.1, 0.15) is 0 Å². The van der Waals surface area contributed by atoms with E-state index in [1.54, 1.807) is 0 Å². The Balaban J connectivity index is 3.51. The Morgan fingerprint density at radius 1 is 0.408 bits per heavy atom. The molecule has 3 N–H and O–H groups in total. The van der Waals surface area contributed by atoms with Gasteiger partial charge in [0.05, 0.1) is 25.4 Å². The van der Waals surface area contributed by atoms with Crippen LogP contribution < -0.4 is 5.32 Å². The highest BCUT2D eigenvalue weighted by molar-refractivity contribution is 5.76. The maximum absolute atomic E-state index is 12.5. The van der Waals surface area contributed by atoms with Gasteiger partial charge < -0.3 is 20.3 Å². The van der Waals surface area contributed by atoms with Crippen LogP contribution in [0.1, 0.15) is 328 Å². The van der Waals surface area contributed by atoms with Crippen LogP contribution in [0.15, 0.2) is 48.6 Å². The van der Waals surface area contributed by atoms with Gasteiger partial charge in [0.25, 0.3) is 0 Å². The average molecular weight is 997 g/mol. The minimum atomic E-state index is -0.682. The molecule has 0 radical (unpaired) electrons. The van der Waals surface area contributed by atoms with Crippen LogP contribution in [0.4, 0.5) is 0 Å². The number of aliphatic hydroxyl groups excluding tert-OH is 2. The standard InChI is InChI=1S/C65H121NO5/c1-3-5-7-9-11-13-15-17-19-21-22-23-24-25-26-27-29-33-37-41-45-49-53-57-63(68)62(61-67)66-64(69)58-54-50-46-42-38-34-30-28-32-36-40-44-48-52-56-60-71-65(70)59-55-51-47-43-39-35-31-20-18-16-14-12-10-8-6-4-2/h14,16,20,28,31-32,36,40,62-63,67-68H,3-13,15,17-19,21-27,29-30,33-35,37-39,41-61H2,1-2H3,(H,66,69)/b16-14-,31-20-,32-28-,40-36-. The summed E-state index contributed by atoms with van der Waals surface area (Å²) in [5, 5.41) is 23.4. The monoisotopic (exact) mass is 996 g/mol. The number of nitrogens with one attached hydrogen (secondary N) is 1. The Bertz CT molecular complexity index is 1190. The fourth-order valence-corrected chi connectivity index (χ4v) is 9.54. The first-order valence-corrected chi connectivity index (χ1v) is 31.4. The zero-order chi connectivity index (χ0) is 51.4. The summed E-state index contributed by atoms with van der Waals surface area (Å²) >= 11 is 0. The van der Waals surface area contributed by atoms with Gasteiger partial charge in [-0.3, -0.25) is 9.59 Å². The van der Waals surface area contributed by atoms with Crippen molar-refractivity contribution in [2.24, 2.45) is 0 Å². The van der Waals surface area contributed by atoms with Gasteiger partial charge in [-0.2, -0.15) is 0 Å². The van der Waals surface area contributed by atoms with E-state index in [0.717, 1.165) is 89.9 Å². The summed E-state index contributed by atoms with van der Waals surface area (Å²) in [6.07, 6.45) is 76.9. The molecule has 0 rings (SSSR count). The van der Waals surface area contributed by atoms with Crippen LogP contribution in [-0.2, 0) is 14.3 Å². The molecule has 0 aliphatic carbocycles. The molecular weight excluding hydrogens is 875 g/mol. The summed E-state index contributed by atoms with van der Waals surface area (Å²) in [6, 6.07) is -0.561. The Morgan fingerprint density at radius 3 is 1.17 bits per heavy atom. The molecule has 0 aromatic rings. The minimum absolute atomic E-state index is 0.0348. The fourth-order valence-electron chi connectivity index (χ4n) is 9.54. The topological polar surface area (TPSA) is 95.9 Å². The van der Waals surface area contributed by atoms with E-state index in [-0.39, 0.29) is 18.5 Å². The van der Waals surface area contributed by atoms with Gasteiger partial charge in [-0.1, -0.05) is 274 Å². The molecule has 0 aliphatic rings. The molecule has 0 saturated carbocycles. The van der Waals surface area contributed by atoms with E-state index in [2.05, 4.69) is 67.8 Å². The quantitative estimate of drug-likeness (QED) is 0.0244. The molecule has 0 aromatic carbocycles. The summed E-state index contributed by atoms with van der Waals surface area (Å²) in [5.74, 6) is -0.0906. The number of hydrogen-bond donors (Lipinski definition) is 3. The summed E-state index contributed by atoms with van der Waals surface area (Å²) in [5.41, 5.74) is 0. The van der Waals surface area contributed by atoms with Crippen LogP contribution in [0.3, 0.4) is 0 Å². The van der Waals surface area contributed by atoms with E-state index in [4.69, 9.17) is 4.74 Å². The van der Waals surface area contributed by atoms with E-state index in [1.807, 2.05) is 0 Å². The SMILES string of the molecule is CCCCCC/C=C\C/C=C\CCCCCCCC(=O)OCCCCC/C=C\C=C/CCCCCCCCC(=O)NC(CO)C(O)CCCCCCCCCCCCCCCCCCCCCCCCC. The summed E-state index contributed by atoms with van der Waals surface area (Å²) < 4.78 is 5.45. The number of esters is 1. The Kier molecular flexibility index (Phi) is 58.5. The maximum atomic E-state index is 12.5. The lowest BCUT2D eigenvalue weighted by molar-refractivity contribution is -0.143. The second-order valence-electron chi connectivity index (χ2n) is 21.4. The minimum Gasteiger partial charge on any atom is -0.466 e. The Labute approximate surface area is 442 Å². The second kappa shape index (κ2) is 60.4. The molecule has 71 heavy (non-hydrogen) atoms.